The van der Waals surface area contributed by atoms with Crippen LogP contribution in [0.25, 0.3) is 16.7 Å². The van der Waals surface area contributed by atoms with Gasteiger partial charge >= 0.3 is 0 Å². The Morgan fingerprint density at radius 3 is 2.87 bits per heavy atom. The summed E-state index contributed by atoms with van der Waals surface area (Å²) < 4.78 is 6.80. The van der Waals surface area contributed by atoms with Gasteiger partial charge in [-0.25, -0.2) is 4.98 Å². The van der Waals surface area contributed by atoms with Crippen molar-refractivity contribution in [3.05, 3.63) is 47.5 Å². The van der Waals surface area contributed by atoms with E-state index in [1.54, 1.807) is 23.8 Å². The molecule has 0 radical (unpaired) electrons. The number of nitrogens with zero attached hydrogens (tertiary/aromatic N) is 5. The van der Waals surface area contributed by atoms with Crippen molar-refractivity contribution in [3.63, 3.8) is 0 Å². The van der Waals surface area contributed by atoms with Crippen LogP contribution in [0.15, 0.2) is 42.5 Å². The third-order valence-electron chi connectivity index (χ3n) is 3.44. The molecule has 2 aromatic carbocycles. The molecule has 0 atom stereocenters. The van der Waals surface area contributed by atoms with Crippen molar-refractivity contribution < 1.29 is 4.74 Å². The van der Waals surface area contributed by atoms with E-state index in [0.717, 1.165) is 16.7 Å². The monoisotopic (exact) mass is 326 g/mol. The summed E-state index contributed by atoms with van der Waals surface area (Å²) in [5, 5.41) is 15.5. The average Bonchev–Trinajstić information content (AvgIpc) is 3.05. The molecule has 0 unspecified atom stereocenters. The van der Waals surface area contributed by atoms with E-state index in [1.807, 2.05) is 30.3 Å². The topological polar surface area (TPSA) is 77.2 Å². The number of hydrogen-bond donors (Lipinski definition) is 1. The van der Waals surface area contributed by atoms with Crippen LogP contribution in [0.4, 0.5) is 11.5 Å². The maximum Gasteiger partial charge on any atom is 0.222 e. The van der Waals surface area contributed by atoms with E-state index in [4.69, 9.17) is 16.3 Å². The first-order valence-corrected chi connectivity index (χ1v) is 7.21. The van der Waals surface area contributed by atoms with Gasteiger partial charge < -0.3 is 10.1 Å². The number of benzene rings is 2. The summed E-state index contributed by atoms with van der Waals surface area (Å²) in [5.41, 5.74) is 2.93. The highest BCUT2D eigenvalue weighted by molar-refractivity contribution is 6.32. The summed E-state index contributed by atoms with van der Waals surface area (Å²) in [4.78, 5) is 4.59. The highest BCUT2D eigenvalue weighted by Crippen LogP contribution is 2.29. The Hall–Kier alpha value is -2.93. The molecule has 4 rings (SSSR count). The molecule has 0 amide bonds. The molecule has 0 aliphatic carbocycles. The third-order valence-corrected chi connectivity index (χ3v) is 3.73. The van der Waals surface area contributed by atoms with Gasteiger partial charge in [-0.15, -0.1) is 5.10 Å². The number of ether oxygens (including phenoxy) is 1. The number of fused-ring (bicyclic) bond motifs is 3. The summed E-state index contributed by atoms with van der Waals surface area (Å²) in [6, 6.07) is 13.0. The second-order valence-electron chi connectivity index (χ2n) is 4.84. The Morgan fingerprint density at radius 1 is 1.17 bits per heavy atom. The number of halogens is 1. The molecule has 0 fully saturated rings. The van der Waals surface area contributed by atoms with Crippen LogP contribution in [0.5, 0.6) is 5.75 Å². The molecule has 8 heteroatoms. The van der Waals surface area contributed by atoms with Crippen LogP contribution < -0.4 is 10.1 Å². The number of para-hydroxylation sites is 2. The zero-order chi connectivity index (χ0) is 15.8. The Labute approximate surface area is 135 Å². The second kappa shape index (κ2) is 5.36. The molecular weight excluding hydrogens is 316 g/mol. The van der Waals surface area contributed by atoms with E-state index in [0.29, 0.717) is 22.2 Å². The van der Waals surface area contributed by atoms with Crippen LogP contribution in [-0.4, -0.2) is 32.1 Å². The van der Waals surface area contributed by atoms with Crippen LogP contribution in [0.2, 0.25) is 5.02 Å². The van der Waals surface area contributed by atoms with Crippen LogP contribution in [0.3, 0.4) is 0 Å². The van der Waals surface area contributed by atoms with Crippen molar-refractivity contribution in [3.8, 4) is 5.75 Å². The summed E-state index contributed by atoms with van der Waals surface area (Å²) >= 11 is 6.16. The molecule has 0 bridgehead atoms. The lowest BCUT2D eigenvalue weighted by atomic mass is 10.3. The Balaban J connectivity index is 1.84. The molecule has 0 saturated heterocycles. The first-order valence-electron chi connectivity index (χ1n) is 6.83. The smallest absolute Gasteiger partial charge is 0.222 e. The fraction of sp³-hybridized carbons (Fsp3) is 0.0667. The van der Waals surface area contributed by atoms with Crippen LogP contribution in [0, 0.1) is 0 Å². The molecule has 0 saturated carbocycles. The molecule has 0 aliphatic heterocycles. The fourth-order valence-electron chi connectivity index (χ4n) is 2.37. The summed E-state index contributed by atoms with van der Waals surface area (Å²) in [5.74, 6) is 1.16. The normalized spacial score (nSPS) is 11.0. The van der Waals surface area contributed by atoms with Crippen molar-refractivity contribution >= 4 is 39.8 Å². The highest BCUT2D eigenvalue weighted by Gasteiger charge is 2.12. The lowest BCUT2D eigenvalue weighted by Crippen LogP contribution is -2.01. The van der Waals surface area contributed by atoms with E-state index in [-0.39, 0.29) is 0 Å². The number of methoxy groups -OCH3 is 1. The lowest BCUT2D eigenvalue weighted by molar-refractivity contribution is 0.415. The Bertz CT molecular complexity index is 1020. The van der Waals surface area contributed by atoms with Crippen molar-refractivity contribution in [1.82, 2.24) is 25.0 Å². The molecule has 2 heterocycles. The van der Waals surface area contributed by atoms with Gasteiger partial charge in [-0.1, -0.05) is 23.7 Å². The highest BCUT2D eigenvalue weighted by atomic mass is 35.5. The van der Waals surface area contributed by atoms with Gasteiger partial charge in [0.05, 0.1) is 23.2 Å². The van der Waals surface area contributed by atoms with Gasteiger partial charge in [-0.05, 0) is 40.8 Å². The maximum atomic E-state index is 6.16. The predicted molar refractivity (Wildman–Crippen MR) is 87.4 cm³/mol. The number of aromatic nitrogens is 5. The molecule has 7 nitrogen and oxygen atoms in total. The fourth-order valence-corrected chi connectivity index (χ4v) is 2.63. The van der Waals surface area contributed by atoms with E-state index >= 15 is 0 Å². The zero-order valence-corrected chi connectivity index (χ0v) is 12.8. The molecule has 114 valence electrons. The van der Waals surface area contributed by atoms with Crippen molar-refractivity contribution in [1.29, 1.82) is 0 Å². The number of tetrazole rings is 1. The van der Waals surface area contributed by atoms with Gasteiger partial charge in [0.1, 0.15) is 5.75 Å². The quantitative estimate of drug-likeness (QED) is 0.623. The van der Waals surface area contributed by atoms with Crippen LogP contribution in [-0.2, 0) is 0 Å². The molecule has 4 aromatic rings. The van der Waals surface area contributed by atoms with E-state index in [2.05, 4.69) is 25.8 Å². The standard InChI is InChI=1S/C15H11ClN6O/c1-23-13-7-6-9(8-10(13)16)17-14-15-19-20-21-22(15)12-5-3-2-4-11(12)18-14/h2-8H,1H3,(H,17,18). The summed E-state index contributed by atoms with van der Waals surface area (Å²) in [6.45, 7) is 0. The van der Waals surface area contributed by atoms with Crippen LogP contribution in [0.1, 0.15) is 0 Å². The number of anilines is 2. The van der Waals surface area contributed by atoms with Gasteiger partial charge in [0.25, 0.3) is 0 Å². The molecule has 0 aliphatic rings. The minimum absolute atomic E-state index is 0.508. The van der Waals surface area contributed by atoms with Crippen molar-refractivity contribution in [2.24, 2.45) is 0 Å². The molecule has 23 heavy (non-hydrogen) atoms. The predicted octanol–water partition coefficient (Wildman–Crippen LogP) is 3.08. The van der Waals surface area contributed by atoms with Gasteiger partial charge in [0, 0.05) is 5.69 Å². The zero-order valence-electron chi connectivity index (χ0n) is 12.1. The second-order valence-corrected chi connectivity index (χ2v) is 5.24. The number of rotatable bonds is 3. The largest absolute Gasteiger partial charge is 0.495 e. The van der Waals surface area contributed by atoms with E-state index in [1.165, 1.54) is 0 Å². The molecule has 2 aromatic heterocycles. The van der Waals surface area contributed by atoms with E-state index < -0.39 is 0 Å². The Kier molecular flexibility index (Phi) is 3.20. The molecular formula is C15H11ClN6O. The maximum absolute atomic E-state index is 6.16. The number of nitrogens with one attached hydrogen (secondary N) is 1. The number of hydrogen-bond acceptors (Lipinski definition) is 6. The van der Waals surface area contributed by atoms with Crippen LogP contribution >= 0.6 is 11.6 Å². The SMILES string of the molecule is COc1ccc(Nc2nc3ccccc3n3nnnc23)cc1Cl. The lowest BCUT2D eigenvalue weighted by Gasteiger charge is -2.10. The van der Waals surface area contributed by atoms with Gasteiger partial charge in [-0.3, -0.25) is 0 Å². The third kappa shape index (κ3) is 2.31. The van der Waals surface area contributed by atoms with Crippen molar-refractivity contribution in [2.45, 2.75) is 0 Å². The van der Waals surface area contributed by atoms with E-state index in [9.17, 15) is 0 Å². The van der Waals surface area contributed by atoms with Crippen molar-refractivity contribution in [2.75, 3.05) is 12.4 Å². The first-order chi connectivity index (χ1) is 11.3. The minimum atomic E-state index is 0.508. The van der Waals surface area contributed by atoms with Gasteiger partial charge in [-0.2, -0.15) is 4.52 Å². The first kappa shape index (κ1) is 13.7. The summed E-state index contributed by atoms with van der Waals surface area (Å²) in [7, 11) is 1.57. The molecule has 1 N–H and O–H groups in total. The molecule has 0 spiro atoms. The van der Waals surface area contributed by atoms with Gasteiger partial charge in [0.2, 0.25) is 5.65 Å². The minimum Gasteiger partial charge on any atom is -0.495 e. The average molecular weight is 327 g/mol. The Morgan fingerprint density at radius 2 is 2.04 bits per heavy atom. The summed E-state index contributed by atoms with van der Waals surface area (Å²) in [6.07, 6.45) is 0. The van der Waals surface area contributed by atoms with Gasteiger partial charge in [0.15, 0.2) is 5.82 Å².